The highest BCUT2D eigenvalue weighted by atomic mass is 35.5. The summed E-state index contributed by atoms with van der Waals surface area (Å²) in [6.07, 6.45) is 3.95. The van der Waals surface area contributed by atoms with Gasteiger partial charge in [-0.25, -0.2) is 0 Å². The van der Waals surface area contributed by atoms with E-state index in [2.05, 4.69) is 0 Å². The van der Waals surface area contributed by atoms with Crippen molar-refractivity contribution in [3.63, 3.8) is 0 Å². The van der Waals surface area contributed by atoms with Crippen LogP contribution in [0.1, 0.15) is 30.4 Å². The zero-order chi connectivity index (χ0) is 11.1. The molecule has 0 heterocycles. The van der Waals surface area contributed by atoms with Gasteiger partial charge in [0, 0.05) is 10.6 Å². The van der Waals surface area contributed by atoms with E-state index in [1.807, 2.05) is 13.0 Å². The minimum absolute atomic E-state index is 0.0304. The predicted molar refractivity (Wildman–Crippen MR) is 62.3 cm³/mol. The number of halogens is 1. The fourth-order valence-electron chi connectivity index (χ4n) is 1.79. The molecule has 15 heavy (non-hydrogen) atoms. The summed E-state index contributed by atoms with van der Waals surface area (Å²) in [6, 6.07) is 3.60. The minimum atomic E-state index is 0.0304. The van der Waals surface area contributed by atoms with Crippen molar-refractivity contribution in [1.82, 2.24) is 0 Å². The molecule has 1 aliphatic rings. The van der Waals surface area contributed by atoms with Gasteiger partial charge in [-0.3, -0.25) is 0 Å². The summed E-state index contributed by atoms with van der Waals surface area (Å²) in [5, 5.41) is 10.5. The molecule has 0 saturated heterocycles. The lowest BCUT2D eigenvalue weighted by Crippen LogP contribution is -2.22. The Morgan fingerprint density at radius 3 is 2.73 bits per heavy atom. The standard InChI is InChI=1S/C12H16ClNO/c1-8-6-10(13)7-9(11(8)15)2-3-12(14)4-5-12/h6-7,15H,2-5,14H2,1H3. The molecule has 0 unspecified atom stereocenters. The van der Waals surface area contributed by atoms with Crippen LogP contribution in [0.15, 0.2) is 12.1 Å². The van der Waals surface area contributed by atoms with Gasteiger partial charge in [0.2, 0.25) is 0 Å². The van der Waals surface area contributed by atoms with E-state index in [4.69, 9.17) is 17.3 Å². The van der Waals surface area contributed by atoms with Gasteiger partial charge < -0.3 is 10.8 Å². The van der Waals surface area contributed by atoms with Crippen molar-refractivity contribution in [3.8, 4) is 5.75 Å². The van der Waals surface area contributed by atoms with Crippen LogP contribution in [-0.2, 0) is 6.42 Å². The van der Waals surface area contributed by atoms with Crippen molar-refractivity contribution in [3.05, 3.63) is 28.3 Å². The number of benzene rings is 1. The maximum Gasteiger partial charge on any atom is 0.121 e. The molecular formula is C12H16ClNO. The van der Waals surface area contributed by atoms with Crippen LogP contribution in [0, 0.1) is 6.92 Å². The molecule has 2 rings (SSSR count). The van der Waals surface area contributed by atoms with E-state index in [1.54, 1.807) is 6.07 Å². The summed E-state index contributed by atoms with van der Waals surface area (Å²) in [4.78, 5) is 0. The zero-order valence-corrected chi connectivity index (χ0v) is 9.64. The molecule has 0 bridgehead atoms. The molecule has 1 fully saturated rings. The molecule has 1 aromatic rings. The lowest BCUT2D eigenvalue weighted by atomic mass is 10.0. The molecule has 0 aliphatic heterocycles. The fraction of sp³-hybridized carbons (Fsp3) is 0.500. The van der Waals surface area contributed by atoms with Crippen LogP contribution in [-0.4, -0.2) is 10.6 Å². The second-order valence-electron chi connectivity index (χ2n) is 4.59. The first kappa shape index (κ1) is 10.8. The Morgan fingerprint density at radius 2 is 2.13 bits per heavy atom. The van der Waals surface area contributed by atoms with Gasteiger partial charge in [-0.15, -0.1) is 0 Å². The van der Waals surface area contributed by atoms with Gasteiger partial charge in [0.1, 0.15) is 5.75 Å². The van der Waals surface area contributed by atoms with Gasteiger partial charge >= 0.3 is 0 Å². The van der Waals surface area contributed by atoms with Crippen molar-refractivity contribution in [1.29, 1.82) is 0 Å². The number of hydrogen-bond donors (Lipinski definition) is 2. The average Bonchev–Trinajstić information content (AvgIpc) is 2.88. The largest absolute Gasteiger partial charge is 0.507 e. The Hall–Kier alpha value is -0.730. The SMILES string of the molecule is Cc1cc(Cl)cc(CCC2(N)CC2)c1O. The third-order valence-corrected chi connectivity index (χ3v) is 3.35. The predicted octanol–water partition coefficient (Wildman–Crippen LogP) is 2.78. The molecule has 1 saturated carbocycles. The van der Waals surface area contributed by atoms with E-state index < -0.39 is 0 Å². The Bertz CT molecular complexity index is 385. The second kappa shape index (κ2) is 3.69. The number of rotatable bonds is 3. The number of phenols is 1. The van der Waals surface area contributed by atoms with Crippen LogP contribution in [0.25, 0.3) is 0 Å². The Kier molecular flexibility index (Phi) is 2.65. The molecule has 0 radical (unpaired) electrons. The van der Waals surface area contributed by atoms with E-state index in [0.29, 0.717) is 10.8 Å². The Labute approximate surface area is 95.1 Å². The Balaban J connectivity index is 2.13. The lowest BCUT2D eigenvalue weighted by molar-refractivity contribution is 0.460. The highest BCUT2D eigenvalue weighted by molar-refractivity contribution is 6.30. The molecule has 0 spiro atoms. The first-order valence-corrected chi connectivity index (χ1v) is 5.65. The van der Waals surface area contributed by atoms with Crippen LogP contribution in [0.5, 0.6) is 5.75 Å². The quantitative estimate of drug-likeness (QED) is 0.831. The van der Waals surface area contributed by atoms with Gasteiger partial charge in [0.25, 0.3) is 0 Å². The van der Waals surface area contributed by atoms with Crippen molar-refractivity contribution in [2.45, 2.75) is 38.1 Å². The first-order chi connectivity index (χ1) is 7.00. The van der Waals surface area contributed by atoms with E-state index in [1.165, 1.54) is 0 Å². The maximum atomic E-state index is 9.84. The van der Waals surface area contributed by atoms with E-state index in [-0.39, 0.29) is 5.54 Å². The number of aromatic hydroxyl groups is 1. The van der Waals surface area contributed by atoms with Crippen LogP contribution >= 0.6 is 11.6 Å². The second-order valence-corrected chi connectivity index (χ2v) is 5.03. The van der Waals surface area contributed by atoms with Crippen molar-refractivity contribution in [2.75, 3.05) is 0 Å². The van der Waals surface area contributed by atoms with Gasteiger partial charge in [-0.2, -0.15) is 0 Å². The lowest BCUT2D eigenvalue weighted by Gasteiger charge is -2.11. The molecule has 1 aliphatic carbocycles. The first-order valence-electron chi connectivity index (χ1n) is 5.27. The summed E-state index contributed by atoms with van der Waals surface area (Å²) in [6.45, 7) is 1.86. The third kappa shape index (κ3) is 2.44. The van der Waals surface area contributed by atoms with Crippen molar-refractivity contribution >= 4 is 11.6 Å². The molecule has 0 aromatic heterocycles. The van der Waals surface area contributed by atoms with Gasteiger partial charge in [0.05, 0.1) is 0 Å². The van der Waals surface area contributed by atoms with Crippen LogP contribution in [0.3, 0.4) is 0 Å². The summed E-state index contributed by atoms with van der Waals surface area (Å²) >= 11 is 5.95. The van der Waals surface area contributed by atoms with Gasteiger partial charge in [0.15, 0.2) is 0 Å². The van der Waals surface area contributed by atoms with Crippen LogP contribution < -0.4 is 5.73 Å². The summed E-state index contributed by atoms with van der Waals surface area (Å²) in [5.41, 5.74) is 7.78. The molecule has 3 heteroatoms. The van der Waals surface area contributed by atoms with Crippen LogP contribution in [0.4, 0.5) is 0 Å². The number of aryl methyl sites for hydroxylation is 2. The van der Waals surface area contributed by atoms with Crippen LogP contribution in [0.2, 0.25) is 5.02 Å². The molecular weight excluding hydrogens is 210 g/mol. The summed E-state index contributed by atoms with van der Waals surface area (Å²) in [7, 11) is 0. The molecule has 1 aromatic carbocycles. The van der Waals surface area contributed by atoms with E-state index in [0.717, 1.165) is 36.8 Å². The monoisotopic (exact) mass is 225 g/mol. The zero-order valence-electron chi connectivity index (χ0n) is 8.89. The molecule has 2 nitrogen and oxygen atoms in total. The highest BCUT2D eigenvalue weighted by Gasteiger charge is 2.37. The van der Waals surface area contributed by atoms with Gasteiger partial charge in [-0.05, 0) is 55.9 Å². The topological polar surface area (TPSA) is 46.2 Å². The molecule has 3 N–H and O–H groups in total. The third-order valence-electron chi connectivity index (χ3n) is 3.13. The minimum Gasteiger partial charge on any atom is -0.507 e. The van der Waals surface area contributed by atoms with Crippen molar-refractivity contribution < 1.29 is 5.11 Å². The number of phenolic OH excluding ortho intramolecular Hbond substituents is 1. The summed E-state index contributed by atoms with van der Waals surface area (Å²) in [5.74, 6) is 0.364. The smallest absolute Gasteiger partial charge is 0.121 e. The van der Waals surface area contributed by atoms with Gasteiger partial charge in [-0.1, -0.05) is 11.6 Å². The maximum absolute atomic E-state index is 9.84. The van der Waals surface area contributed by atoms with Crippen molar-refractivity contribution in [2.24, 2.45) is 5.73 Å². The highest BCUT2D eigenvalue weighted by Crippen LogP contribution is 2.38. The fourth-order valence-corrected chi connectivity index (χ4v) is 2.09. The van der Waals surface area contributed by atoms with E-state index in [9.17, 15) is 5.11 Å². The van der Waals surface area contributed by atoms with E-state index >= 15 is 0 Å². The summed E-state index contributed by atoms with van der Waals surface area (Å²) < 4.78 is 0. The molecule has 0 atom stereocenters. The normalized spacial score (nSPS) is 17.8. The number of nitrogens with two attached hydrogens (primary N) is 1. The average molecular weight is 226 g/mol. The Morgan fingerprint density at radius 1 is 1.47 bits per heavy atom. The molecule has 82 valence electrons. The number of hydrogen-bond acceptors (Lipinski definition) is 2. The molecule has 0 amide bonds.